The fourth-order valence-electron chi connectivity index (χ4n) is 3.40. The Bertz CT molecular complexity index is 697. The molecule has 0 saturated carbocycles. The molecule has 0 radical (unpaired) electrons. The SMILES string of the molecule is CN(Cc1ccco1)C(=O)[C@@H]1CCC(=O)N(C)[C@@H]1c1ccccc1. The first-order valence-corrected chi connectivity index (χ1v) is 8.16. The van der Waals surface area contributed by atoms with Gasteiger partial charge in [-0.25, -0.2) is 0 Å². The quantitative estimate of drug-likeness (QED) is 0.868. The van der Waals surface area contributed by atoms with E-state index in [4.69, 9.17) is 4.42 Å². The van der Waals surface area contributed by atoms with Gasteiger partial charge in [0.05, 0.1) is 24.8 Å². The van der Waals surface area contributed by atoms with Crippen LogP contribution in [0.4, 0.5) is 0 Å². The van der Waals surface area contributed by atoms with E-state index >= 15 is 0 Å². The predicted molar refractivity (Wildman–Crippen MR) is 89.9 cm³/mol. The van der Waals surface area contributed by atoms with E-state index in [1.54, 1.807) is 30.2 Å². The Morgan fingerprint density at radius 1 is 1.25 bits per heavy atom. The lowest BCUT2D eigenvalue weighted by Crippen LogP contribution is -2.46. The minimum Gasteiger partial charge on any atom is -0.467 e. The van der Waals surface area contributed by atoms with Crippen molar-refractivity contribution in [3.8, 4) is 0 Å². The minimum atomic E-state index is -0.241. The van der Waals surface area contributed by atoms with Gasteiger partial charge >= 0.3 is 0 Å². The van der Waals surface area contributed by atoms with Crippen molar-refractivity contribution in [1.82, 2.24) is 9.80 Å². The van der Waals surface area contributed by atoms with Gasteiger partial charge in [0.15, 0.2) is 0 Å². The molecule has 5 nitrogen and oxygen atoms in total. The third-order valence-electron chi connectivity index (χ3n) is 4.67. The molecule has 1 aliphatic heterocycles. The third kappa shape index (κ3) is 3.20. The second-order valence-corrected chi connectivity index (χ2v) is 6.28. The van der Waals surface area contributed by atoms with E-state index in [-0.39, 0.29) is 23.8 Å². The molecule has 126 valence electrons. The van der Waals surface area contributed by atoms with Crippen LogP contribution in [0.15, 0.2) is 53.1 Å². The fraction of sp³-hybridized carbons (Fsp3) is 0.368. The zero-order valence-electron chi connectivity index (χ0n) is 14.0. The van der Waals surface area contributed by atoms with Crippen molar-refractivity contribution in [1.29, 1.82) is 0 Å². The summed E-state index contributed by atoms with van der Waals surface area (Å²) < 4.78 is 5.33. The van der Waals surface area contributed by atoms with Crippen LogP contribution in [0.5, 0.6) is 0 Å². The van der Waals surface area contributed by atoms with Crippen molar-refractivity contribution in [2.45, 2.75) is 25.4 Å². The second kappa shape index (κ2) is 6.91. The topological polar surface area (TPSA) is 53.8 Å². The first-order chi connectivity index (χ1) is 11.6. The van der Waals surface area contributed by atoms with Crippen LogP contribution in [0.25, 0.3) is 0 Å². The maximum Gasteiger partial charge on any atom is 0.228 e. The Kier molecular flexibility index (Phi) is 4.69. The fourth-order valence-corrected chi connectivity index (χ4v) is 3.40. The number of amides is 2. The molecule has 0 spiro atoms. The molecule has 1 fully saturated rings. The van der Waals surface area contributed by atoms with Gasteiger partial charge in [-0.15, -0.1) is 0 Å². The van der Waals surface area contributed by atoms with Gasteiger partial charge in [-0.05, 0) is 24.1 Å². The molecule has 2 heterocycles. The van der Waals surface area contributed by atoms with Crippen LogP contribution in [-0.2, 0) is 16.1 Å². The van der Waals surface area contributed by atoms with Gasteiger partial charge < -0.3 is 14.2 Å². The average Bonchev–Trinajstić information content (AvgIpc) is 3.10. The van der Waals surface area contributed by atoms with Crippen LogP contribution in [0.1, 0.15) is 30.2 Å². The molecule has 1 aromatic heterocycles. The summed E-state index contributed by atoms with van der Waals surface area (Å²) in [6.45, 7) is 0.432. The van der Waals surface area contributed by atoms with Crippen molar-refractivity contribution < 1.29 is 14.0 Å². The molecule has 2 amide bonds. The molecular weight excluding hydrogens is 304 g/mol. The van der Waals surface area contributed by atoms with Gasteiger partial charge in [0.25, 0.3) is 0 Å². The van der Waals surface area contributed by atoms with E-state index in [9.17, 15) is 9.59 Å². The first-order valence-electron chi connectivity index (χ1n) is 8.16. The maximum absolute atomic E-state index is 13.0. The summed E-state index contributed by atoms with van der Waals surface area (Å²) in [5, 5.41) is 0. The summed E-state index contributed by atoms with van der Waals surface area (Å²) in [7, 11) is 3.56. The number of piperidine rings is 1. The lowest BCUT2D eigenvalue weighted by Gasteiger charge is -2.39. The zero-order chi connectivity index (χ0) is 17.1. The number of rotatable bonds is 4. The summed E-state index contributed by atoms with van der Waals surface area (Å²) in [5.41, 5.74) is 0.998. The molecule has 1 aromatic carbocycles. The smallest absolute Gasteiger partial charge is 0.228 e. The molecule has 0 unspecified atom stereocenters. The highest BCUT2D eigenvalue weighted by molar-refractivity contribution is 5.84. The standard InChI is InChI=1S/C19H22N2O3/c1-20(13-15-9-6-12-24-15)19(23)16-10-11-17(22)21(2)18(16)14-7-4-3-5-8-14/h3-9,12,16,18H,10-11,13H2,1-2H3/t16-,18-/m1/s1. The van der Waals surface area contributed by atoms with Crippen LogP contribution in [0.3, 0.4) is 0 Å². The Hall–Kier alpha value is -2.56. The van der Waals surface area contributed by atoms with Crippen molar-refractivity contribution >= 4 is 11.8 Å². The van der Waals surface area contributed by atoms with Gasteiger partial charge in [-0.1, -0.05) is 30.3 Å². The lowest BCUT2D eigenvalue weighted by molar-refractivity contribution is -0.146. The number of carbonyl (C=O) groups excluding carboxylic acids is 2. The normalized spacial score (nSPS) is 20.9. The second-order valence-electron chi connectivity index (χ2n) is 6.28. The van der Waals surface area contributed by atoms with Crippen molar-refractivity contribution in [2.75, 3.05) is 14.1 Å². The highest BCUT2D eigenvalue weighted by Crippen LogP contribution is 2.36. The molecule has 0 N–H and O–H groups in total. The number of hydrogen-bond acceptors (Lipinski definition) is 3. The van der Waals surface area contributed by atoms with Crippen molar-refractivity contribution in [3.63, 3.8) is 0 Å². The molecule has 2 aromatic rings. The molecule has 1 aliphatic rings. The number of hydrogen-bond donors (Lipinski definition) is 0. The van der Waals surface area contributed by atoms with Crippen LogP contribution < -0.4 is 0 Å². The molecule has 0 aliphatic carbocycles. The van der Waals surface area contributed by atoms with E-state index in [1.165, 1.54) is 0 Å². The molecular formula is C19H22N2O3. The molecule has 24 heavy (non-hydrogen) atoms. The first kappa shape index (κ1) is 16.3. The number of benzene rings is 1. The van der Waals surface area contributed by atoms with Crippen molar-refractivity contribution in [3.05, 3.63) is 60.1 Å². The van der Waals surface area contributed by atoms with Gasteiger partial charge in [0.1, 0.15) is 5.76 Å². The number of nitrogens with zero attached hydrogens (tertiary/aromatic N) is 2. The van der Waals surface area contributed by atoms with E-state index in [0.29, 0.717) is 19.4 Å². The van der Waals surface area contributed by atoms with Crippen LogP contribution in [0, 0.1) is 5.92 Å². The summed E-state index contributed by atoms with van der Waals surface area (Å²) >= 11 is 0. The summed E-state index contributed by atoms with van der Waals surface area (Å²) in [5.74, 6) is 0.638. The molecule has 5 heteroatoms. The van der Waals surface area contributed by atoms with Gasteiger partial charge in [-0.2, -0.15) is 0 Å². The largest absolute Gasteiger partial charge is 0.467 e. The van der Waals surface area contributed by atoms with Gasteiger partial charge in [0, 0.05) is 20.5 Å². The Balaban J connectivity index is 1.83. The highest BCUT2D eigenvalue weighted by atomic mass is 16.3. The van der Waals surface area contributed by atoms with E-state index < -0.39 is 0 Å². The number of likely N-dealkylation sites (tertiary alicyclic amines) is 1. The Morgan fingerprint density at radius 2 is 2.00 bits per heavy atom. The molecule has 3 rings (SSSR count). The lowest BCUT2D eigenvalue weighted by atomic mass is 9.83. The maximum atomic E-state index is 13.0. The summed E-state index contributed by atoms with van der Waals surface area (Å²) in [4.78, 5) is 28.6. The minimum absolute atomic E-state index is 0.0413. The number of furan rings is 1. The van der Waals surface area contributed by atoms with E-state index in [0.717, 1.165) is 11.3 Å². The van der Waals surface area contributed by atoms with E-state index in [2.05, 4.69) is 0 Å². The van der Waals surface area contributed by atoms with Gasteiger partial charge in [-0.3, -0.25) is 9.59 Å². The van der Waals surface area contributed by atoms with Gasteiger partial charge in [0.2, 0.25) is 11.8 Å². The van der Waals surface area contributed by atoms with Crippen molar-refractivity contribution in [2.24, 2.45) is 5.92 Å². The monoisotopic (exact) mass is 326 g/mol. The van der Waals surface area contributed by atoms with Crippen LogP contribution >= 0.6 is 0 Å². The van der Waals surface area contributed by atoms with Crippen LogP contribution in [-0.4, -0.2) is 35.7 Å². The van der Waals surface area contributed by atoms with E-state index in [1.807, 2.05) is 42.5 Å². The molecule has 2 atom stereocenters. The Morgan fingerprint density at radius 3 is 2.67 bits per heavy atom. The molecule has 0 bridgehead atoms. The summed E-state index contributed by atoms with van der Waals surface area (Å²) in [6.07, 6.45) is 2.59. The predicted octanol–water partition coefficient (Wildman–Crippen LogP) is 2.85. The molecule has 1 saturated heterocycles. The number of carbonyl (C=O) groups is 2. The average molecular weight is 326 g/mol. The highest BCUT2D eigenvalue weighted by Gasteiger charge is 2.39. The Labute approximate surface area is 141 Å². The summed E-state index contributed by atoms with van der Waals surface area (Å²) in [6, 6.07) is 13.2. The van der Waals surface area contributed by atoms with Crippen LogP contribution in [0.2, 0.25) is 0 Å². The third-order valence-corrected chi connectivity index (χ3v) is 4.67. The zero-order valence-corrected chi connectivity index (χ0v) is 14.0.